The van der Waals surface area contributed by atoms with Gasteiger partial charge in [-0.1, -0.05) is 55.8 Å². The Morgan fingerprint density at radius 1 is 0.952 bits per heavy atom. The first-order chi connectivity index (χ1) is 9.89. The molecular weight excluding hydrogens is 260 g/mol. The van der Waals surface area contributed by atoms with E-state index in [-0.39, 0.29) is 5.41 Å². The molecule has 2 aromatic carbocycles. The predicted molar refractivity (Wildman–Crippen MR) is 86.9 cm³/mol. The predicted octanol–water partition coefficient (Wildman–Crippen LogP) is 4.08. The lowest BCUT2D eigenvalue weighted by Crippen LogP contribution is -2.19. The summed E-state index contributed by atoms with van der Waals surface area (Å²) >= 11 is 0. The van der Waals surface area contributed by atoms with Crippen LogP contribution in [0.15, 0.2) is 48.5 Å². The van der Waals surface area contributed by atoms with Gasteiger partial charge < -0.3 is 9.84 Å². The van der Waals surface area contributed by atoms with E-state index in [0.29, 0.717) is 6.61 Å². The van der Waals surface area contributed by atoms with Gasteiger partial charge in [0.2, 0.25) is 0 Å². The Kier molecular flexibility index (Phi) is 4.69. The van der Waals surface area contributed by atoms with Crippen LogP contribution in [-0.4, -0.2) is 17.8 Å². The van der Waals surface area contributed by atoms with Crippen molar-refractivity contribution in [3.05, 3.63) is 65.2 Å². The molecule has 0 saturated carbocycles. The van der Waals surface area contributed by atoms with E-state index in [1.807, 2.05) is 12.1 Å². The molecule has 2 aromatic rings. The van der Waals surface area contributed by atoms with Crippen molar-refractivity contribution in [3.63, 3.8) is 0 Å². The molecule has 21 heavy (non-hydrogen) atoms. The van der Waals surface area contributed by atoms with Crippen molar-refractivity contribution in [3.8, 4) is 5.75 Å². The Morgan fingerprint density at radius 2 is 1.43 bits per heavy atom. The number of aryl methyl sites for hydroxylation is 1. The second kappa shape index (κ2) is 6.31. The first-order valence-electron chi connectivity index (χ1n) is 7.38. The van der Waals surface area contributed by atoms with Crippen LogP contribution in [0.1, 0.15) is 37.5 Å². The van der Waals surface area contributed by atoms with E-state index in [9.17, 15) is 5.11 Å². The standard InChI is InChI=1S/C19H24O2/c1-14-5-7-16(8-6-14)19(3,4)17-9-11-18(12-10-17)21-13-15(2)20/h5-12,15,20H,13H2,1-4H3. The summed E-state index contributed by atoms with van der Waals surface area (Å²) in [5.74, 6) is 0.791. The minimum atomic E-state index is -0.450. The second-order valence-corrected chi connectivity index (χ2v) is 6.18. The van der Waals surface area contributed by atoms with Crippen LogP contribution in [0, 0.1) is 6.92 Å². The van der Waals surface area contributed by atoms with Crippen molar-refractivity contribution in [2.45, 2.75) is 39.2 Å². The van der Waals surface area contributed by atoms with Crippen molar-refractivity contribution in [2.24, 2.45) is 0 Å². The zero-order valence-electron chi connectivity index (χ0n) is 13.3. The SMILES string of the molecule is Cc1ccc(C(C)(C)c2ccc(OCC(C)O)cc2)cc1. The van der Waals surface area contributed by atoms with Gasteiger partial charge in [-0.25, -0.2) is 0 Å². The van der Waals surface area contributed by atoms with E-state index in [0.717, 1.165) is 5.75 Å². The van der Waals surface area contributed by atoms with Crippen LogP contribution in [0.3, 0.4) is 0 Å². The lowest BCUT2D eigenvalue weighted by atomic mass is 9.78. The summed E-state index contributed by atoms with van der Waals surface area (Å²) in [5, 5.41) is 9.24. The maximum Gasteiger partial charge on any atom is 0.119 e. The number of aliphatic hydroxyl groups excluding tert-OH is 1. The summed E-state index contributed by atoms with van der Waals surface area (Å²) < 4.78 is 5.51. The molecule has 2 rings (SSSR count). The fourth-order valence-electron chi connectivity index (χ4n) is 2.32. The molecule has 0 saturated heterocycles. The number of aliphatic hydroxyl groups is 1. The average molecular weight is 284 g/mol. The molecule has 0 fully saturated rings. The van der Waals surface area contributed by atoms with Crippen molar-refractivity contribution in [1.82, 2.24) is 0 Å². The fourth-order valence-corrected chi connectivity index (χ4v) is 2.32. The summed E-state index contributed by atoms with van der Waals surface area (Å²) in [7, 11) is 0. The molecule has 0 spiro atoms. The number of benzene rings is 2. The summed E-state index contributed by atoms with van der Waals surface area (Å²) in [4.78, 5) is 0. The van der Waals surface area contributed by atoms with E-state index in [1.165, 1.54) is 16.7 Å². The molecule has 1 unspecified atom stereocenters. The third-order valence-corrected chi connectivity index (χ3v) is 3.84. The van der Waals surface area contributed by atoms with Crippen LogP contribution in [-0.2, 0) is 5.41 Å². The Bertz CT molecular complexity index is 566. The smallest absolute Gasteiger partial charge is 0.119 e. The number of ether oxygens (including phenoxy) is 1. The zero-order valence-corrected chi connectivity index (χ0v) is 13.3. The van der Waals surface area contributed by atoms with Gasteiger partial charge >= 0.3 is 0 Å². The van der Waals surface area contributed by atoms with Crippen LogP contribution in [0.5, 0.6) is 5.75 Å². The molecule has 2 nitrogen and oxygen atoms in total. The molecule has 0 heterocycles. The van der Waals surface area contributed by atoms with Gasteiger partial charge in [-0.2, -0.15) is 0 Å². The van der Waals surface area contributed by atoms with E-state index in [1.54, 1.807) is 6.92 Å². The first kappa shape index (κ1) is 15.6. The van der Waals surface area contributed by atoms with Gasteiger partial charge in [-0.05, 0) is 37.1 Å². The maximum atomic E-state index is 9.24. The zero-order chi connectivity index (χ0) is 15.5. The third kappa shape index (κ3) is 3.85. The van der Waals surface area contributed by atoms with Gasteiger partial charge in [0.05, 0.1) is 6.10 Å². The van der Waals surface area contributed by atoms with Crippen LogP contribution in [0.25, 0.3) is 0 Å². The normalized spacial score (nSPS) is 13.0. The molecule has 0 aliphatic carbocycles. The molecule has 0 aliphatic heterocycles. The molecule has 0 amide bonds. The van der Waals surface area contributed by atoms with Crippen LogP contribution < -0.4 is 4.74 Å². The highest BCUT2D eigenvalue weighted by Gasteiger charge is 2.22. The van der Waals surface area contributed by atoms with Gasteiger partial charge in [-0.3, -0.25) is 0 Å². The molecule has 0 aliphatic rings. The Balaban J connectivity index is 2.18. The van der Waals surface area contributed by atoms with Crippen molar-refractivity contribution in [2.75, 3.05) is 6.61 Å². The van der Waals surface area contributed by atoms with Gasteiger partial charge in [0.25, 0.3) is 0 Å². The molecule has 112 valence electrons. The quantitative estimate of drug-likeness (QED) is 0.896. The molecule has 0 radical (unpaired) electrons. The summed E-state index contributed by atoms with van der Waals surface area (Å²) in [6.07, 6.45) is -0.450. The highest BCUT2D eigenvalue weighted by Crippen LogP contribution is 2.32. The van der Waals surface area contributed by atoms with Crippen molar-refractivity contribution in [1.29, 1.82) is 0 Å². The first-order valence-corrected chi connectivity index (χ1v) is 7.38. The summed E-state index contributed by atoms with van der Waals surface area (Å²) in [5.41, 5.74) is 3.77. The summed E-state index contributed by atoms with van der Waals surface area (Å²) in [6, 6.07) is 16.8. The molecular formula is C19H24O2. The number of hydrogen-bond acceptors (Lipinski definition) is 2. The average Bonchev–Trinajstić information content (AvgIpc) is 2.46. The Morgan fingerprint density at radius 3 is 1.90 bits per heavy atom. The van der Waals surface area contributed by atoms with Crippen molar-refractivity contribution >= 4 is 0 Å². The second-order valence-electron chi connectivity index (χ2n) is 6.18. The van der Waals surface area contributed by atoms with E-state index in [4.69, 9.17) is 4.74 Å². The molecule has 2 heteroatoms. The molecule has 0 aromatic heterocycles. The summed E-state index contributed by atoms with van der Waals surface area (Å²) in [6.45, 7) is 8.59. The third-order valence-electron chi connectivity index (χ3n) is 3.84. The largest absolute Gasteiger partial charge is 0.491 e. The minimum Gasteiger partial charge on any atom is -0.491 e. The number of hydrogen-bond donors (Lipinski definition) is 1. The molecule has 1 atom stereocenters. The molecule has 0 bridgehead atoms. The van der Waals surface area contributed by atoms with Crippen LogP contribution in [0.2, 0.25) is 0 Å². The topological polar surface area (TPSA) is 29.5 Å². The maximum absolute atomic E-state index is 9.24. The van der Waals surface area contributed by atoms with E-state index in [2.05, 4.69) is 57.2 Å². The Labute approximate surface area is 127 Å². The number of rotatable bonds is 5. The lowest BCUT2D eigenvalue weighted by Gasteiger charge is -2.26. The highest BCUT2D eigenvalue weighted by atomic mass is 16.5. The van der Waals surface area contributed by atoms with Gasteiger partial charge in [0.15, 0.2) is 0 Å². The Hall–Kier alpha value is -1.80. The monoisotopic (exact) mass is 284 g/mol. The highest BCUT2D eigenvalue weighted by molar-refractivity contribution is 5.40. The van der Waals surface area contributed by atoms with E-state index < -0.39 is 6.10 Å². The van der Waals surface area contributed by atoms with Gasteiger partial charge in [0, 0.05) is 5.41 Å². The van der Waals surface area contributed by atoms with Gasteiger partial charge in [-0.15, -0.1) is 0 Å². The molecule has 1 N–H and O–H groups in total. The fraction of sp³-hybridized carbons (Fsp3) is 0.368. The minimum absolute atomic E-state index is 0.0451. The van der Waals surface area contributed by atoms with E-state index >= 15 is 0 Å². The van der Waals surface area contributed by atoms with Crippen LogP contribution >= 0.6 is 0 Å². The van der Waals surface area contributed by atoms with Crippen molar-refractivity contribution < 1.29 is 9.84 Å². The lowest BCUT2D eigenvalue weighted by molar-refractivity contribution is 0.122. The van der Waals surface area contributed by atoms with Gasteiger partial charge in [0.1, 0.15) is 12.4 Å². The van der Waals surface area contributed by atoms with Crippen LogP contribution in [0.4, 0.5) is 0 Å².